The van der Waals surface area contributed by atoms with E-state index in [0.717, 1.165) is 34.1 Å². The van der Waals surface area contributed by atoms with Crippen molar-refractivity contribution in [2.24, 2.45) is 0 Å². The Bertz CT molecular complexity index is 1090. The van der Waals surface area contributed by atoms with E-state index in [9.17, 15) is 17.6 Å². The van der Waals surface area contributed by atoms with Gasteiger partial charge in [-0.15, -0.1) is 0 Å². The summed E-state index contributed by atoms with van der Waals surface area (Å²) in [5, 5.41) is 3.87. The Kier molecular flexibility index (Phi) is 6.85. The van der Waals surface area contributed by atoms with Gasteiger partial charge in [0.25, 0.3) is 0 Å². The van der Waals surface area contributed by atoms with Gasteiger partial charge in [0.1, 0.15) is 12.4 Å². The number of sulfonamides is 1. The van der Waals surface area contributed by atoms with Gasteiger partial charge in [-0.05, 0) is 42.8 Å². The summed E-state index contributed by atoms with van der Waals surface area (Å²) in [6, 6.07) is 7.91. The third-order valence-electron chi connectivity index (χ3n) is 4.06. The van der Waals surface area contributed by atoms with Gasteiger partial charge in [-0.2, -0.15) is 9.29 Å². The van der Waals surface area contributed by atoms with Gasteiger partial charge in [0.05, 0.1) is 11.5 Å². The second kappa shape index (κ2) is 9.55. The quantitative estimate of drug-likeness (QED) is 0.371. The van der Waals surface area contributed by atoms with E-state index >= 15 is 0 Å². The molecule has 0 saturated carbocycles. The molecule has 0 bridgehead atoms. The molecule has 2 heterocycles. The summed E-state index contributed by atoms with van der Waals surface area (Å²) >= 11 is 0. The number of benzene rings is 1. The molecule has 0 amide bonds. The molecule has 0 N–H and O–H groups in total. The van der Waals surface area contributed by atoms with E-state index in [1.54, 1.807) is 24.5 Å². The monoisotopic (exact) mass is 434 g/mol. The van der Waals surface area contributed by atoms with E-state index < -0.39 is 28.4 Å². The third kappa shape index (κ3) is 5.45. The van der Waals surface area contributed by atoms with Crippen LogP contribution < -0.4 is 0 Å². The van der Waals surface area contributed by atoms with Crippen LogP contribution in [0.1, 0.15) is 12.3 Å². The number of aromatic nitrogens is 3. The van der Waals surface area contributed by atoms with Crippen molar-refractivity contribution in [1.29, 1.82) is 0 Å². The van der Waals surface area contributed by atoms with Crippen molar-refractivity contribution in [2.45, 2.75) is 17.7 Å². The Morgan fingerprint density at radius 1 is 1.23 bits per heavy atom. The first-order valence-electron chi connectivity index (χ1n) is 8.97. The predicted molar refractivity (Wildman–Crippen MR) is 103 cm³/mol. The lowest BCUT2D eigenvalue weighted by molar-refractivity contribution is -0.143. The highest BCUT2D eigenvalue weighted by Crippen LogP contribution is 2.15. The molecule has 0 aliphatic heterocycles. The van der Waals surface area contributed by atoms with Crippen molar-refractivity contribution < 1.29 is 26.9 Å². The summed E-state index contributed by atoms with van der Waals surface area (Å²) in [5.74, 6) is -0.446. The highest BCUT2D eigenvalue weighted by Gasteiger charge is 2.23. The Balaban J connectivity index is 1.44. The highest BCUT2D eigenvalue weighted by atomic mass is 32.2. The molecule has 3 aromatic rings. The second-order valence-corrected chi connectivity index (χ2v) is 8.34. The summed E-state index contributed by atoms with van der Waals surface area (Å²) in [5.41, 5.74) is 0.726. The average molecular weight is 434 g/mol. The van der Waals surface area contributed by atoms with Gasteiger partial charge in [-0.1, -0.05) is 5.16 Å². The number of aryl methyl sites for hydroxylation is 1. The third-order valence-corrected chi connectivity index (χ3v) is 5.88. The van der Waals surface area contributed by atoms with Crippen LogP contribution in [0.5, 0.6) is 0 Å². The molecule has 0 saturated heterocycles. The van der Waals surface area contributed by atoms with E-state index in [-0.39, 0.29) is 11.5 Å². The van der Waals surface area contributed by atoms with Crippen molar-refractivity contribution in [1.82, 2.24) is 19.4 Å². The first kappa shape index (κ1) is 21.5. The molecule has 0 fully saturated rings. The normalized spacial score (nSPS) is 11.6. The molecule has 0 radical (unpaired) electrons. The van der Waals surface area contributed by atoms with Gasteiger partial charge in [0.15, 0.2) is 0 Å². The van der Waals surface area contributed by atoms with Gasteiger partial charge >= 0.3 is 5.97 Å². The second-order valence-electron chi connectivity index (χ2n) is 6.29. The van der Waals surface area contributed by atoms with Gasteiger partial charge in [-0.25, -0.2) is 12.8 Å². The van der Waals surface area contributed by atoms with E-state index in [2.05, 4.69) is 15.1 Å². The fraction of sp³-hybridized carbons (Fsp3) is 0.263. The molecule has 0 atom stereocenters. The summed E-state index contributed by atoms with van der Waals surface area (Å²) in [6.45, 7) is -0.403. The Morgan fingerprint density at radius 2 is 2.00 bits per heavy atom. The van der Waals surface area contributed by atoms with Crippen molar-refractivity contribution in [2.75, 3.05) is 20.2 Å². The van der Waals surface area contributed by atoms with Crippen LogP contribution in [0.3, 0.4) is 0 Å². The van der Waals surface area contributed by atoms with Crippen LogP contribution in [0.2, 0.25) is 0 Å². The number of likely N-dealkylation sites (N-methyl/N-ethyl adjacent to an activating group) is 1. The van der Waals surface area contributed by atoms with Crippen LogP contribution in [0, 0.1) is 5.82 Å². The summed E-state index contributed by atoms with van der Waals surface area (Å²) in [4.78, 5) is 20.1. The zero-order chi connectivity index (χ0) is 21.6. The molecule has 0 aliphatic rings. The molecule has 2 aromatic heterocycles. The Labute approximate surface area is 172 Å². The molecule has 158 valence electrons. The Morgan fingerprint density at radius 3 is 2.70 bits per heavy atom. The standard InChI is InChI=1S/C19H19FN4O5S/c1-24(30(26,27)16-8-6-15(20)7-9-16)13-18(25)28-11-3-5-17-22-19(23-29-17)14-4-2-10-21-12-14/h2,4,6-10,12H,3,5,11,13H2,1H3. The molecule has 0 aliphatic carbocycles. The van der Waals surface area contributed by atoms with Crippen LogP contribution in [-0.2, 0) is 26.0 Å². The zero-order valence-electron chi connectivity index (χ0n) is 16.1. The number of ether oxygens (including phenoxy) is 1. The van der Waals surface area contributed by atoms with Crippen LogP contribution >= 0.6 is 0 Å². The molecule has 30 heavy (non-hydrogen) atoms. The largest absolute Gasteiger partial charge is 0.465 e. The maximum atomic E-state index is 13.0. The minimum Gasteiger partial charge on any atom is -0.465 e. The van der Waals surface area contributed by atoms with E-state index in [1.807, 2.05) is 0 Å². The first-order chi connectivity index (χ1) is 14.4. The number of hydrogen-bond acceptors (Lipinski definition) is 8. The van der Waals surface area contributed by atoms with E-state index in [1.165, 1.54) is 7.05 Å². The van der Waals surface area contributed by atoms with Crippen LogP contribution in [0.15, 0.2) is 58.2 Å². The van der Waals surface area contributed by atoms with Gasteiger partial charge in [-0.3, -0.25) is 9.78 Å². The van der Waals surface area contributed by atoms with Crippen molar-refractivity contribution in [3.8, 4) is 11.4 Å². The highest BCUT2D eigenvalue weighted by molar-refractivity contribution is 7.89. The zero-order valence-corrected chi connectivity index (χ0v) is 16.9. The van der Waals surface area contributed by atoms with Crippen LogP contribution in [0.4, 0.5) is 4.39 Å². The molecule has 0 spiro atoms. The van der Waals surface area contributed by atoms with E-state index in [4.69, 9.17) is 9.26 Å². The molecule has 0 unspecified atom stereocenters. The summed E-state index contributed by atoms with van der Waals surface area (Å²) in [6.07, 6.45) is 4.08. The van der Waals surface area contributed by atoms with Gasteiger partial charge in [0, 0.05) is 31.4 Å². The Hall–Kier alpha value is -3.18. The number of nitrogens with zero attached hydrogens (tertiary/aromatic N) is 4. The average Bonchev–Trinajstić information content (AvgIpc) is 3.21. The van der Waals surface area contributed by atoms with Crippen LogP contribution in [0.25, 0.3) is 11.4 Å². The predicted octanol–water partition coefficient (Wildman–Crippen LogP) is 2.07. The minimum absolute atomic E-state index is 0.0634. The lowest BCUT2D eigenvalue weighted by atomic mass is 10.3. The smallest absolute Gasteiger partial charge is 0.321 e. The lowest BCUT2D eigenvalue weighted by Gasteiger charge is -2.16. The SMILES string of the molecule is CN(CC(=O)OCCCc1nc(-c2cccnc2)no1)S(=O)(=O)c1ccc(F)cc1. The van der Waals surface area contributed by atoms with Crippen molar-refractivity contribution in [3.05, 3.63) is 60.5 Å². The maximum absolute atomic E-state index is 13.0. The molecule has 11 heteroatoms. The fourth-order valence-electron chi connectivity index (χ4n) is 2.48. The van der Waals surface area contributed by atoms with Crippen LogP contribution in [-0.4, -0.2) is 54.0 Å². The number of esters is 1. The fourth-order valence-corrected chi connectivity index (χ4v) is 3.59. The maximum Gasteiger partial charge on any atom is 0.321 e. The molecule has 1 aromatic carbocycles. The lowest BCUT2D eigenvalue weighted by Crippen LogP contribution is -2.33. The van der Waals surface area contributed by atoms with Crippen molar-refractivity contribution in [3.63, 3.8) is 0 Å². The van der Waals surface area contributed by atoms with E-state index in [0.29, 0.717) is 24.6 Å². The number of pyridine rings is 1. The topological polar surface area (TPSA) is 115 Å². The summed E-state index contributed by atoms with van der Waals surface area (Å²) < 4.78 is 48.8. The number of carbonyl (C=O) groups is 1. The number of hydrogen-bond donors (Lipinski definition) is 0. The number of carbonyl (C=O) groups excluding carboxylic acids is 1. The van der Waals surface area contributed by atoms with Crippen molar-refractivity contribution >= 4 is 16.0 Å². The summed E-state index contributed by atoms with van der Waals surface area (Å²) in [7, 11) is -2.67. The van der Waals surface area contributed by atoms with Gasteiger partial charge < -0.3 is 9.26 Å². The van der Waals surface area contributed by atoms with Gasteiger partial charge in [0.2, 0.25) is 21.7 Å². The molecule has 9 nitrogen and oxygen atoms in total. The molecule has 3 rings (SSSR count). The number of halogens is 1. The first-order valence-corrected chi connectivity index (χ1v) is 10.4. The minimum atomic E-state index is -3.92. The molecular formula is C19H19FN4O5S. The molecular weight excluding hydrogens is 415 g/mol. The number of rotatable bonds is 9.